The first kappa shape index (κ1) is 10.1. The second-order valence-corrected chi connectivity index (χ2v) is 5.06. The van der Waals surface area contributed by atoms with Gasteiger partial charge in [0.2, 0.25) is 0 Å². The van der Waals surface area contributed by atoms with Crippen molar-refractivity contribution in [2.75, 3.05) is 13.1 Å². The van der Waals surface area contributed by atoms with Gasteiger partial charge in [-0.25, -0.2) is 9.97 Å². The number of thiophene rings is 1. The van der Waals surface area contributed by atoms with Gasteiger partial charge in [0.15, 0.2) is 0 Å². The number of nitrogens with two attached hydrogens (primary N) is 1. The Kier molecular flexibility index (Phi) is 2.59. The quantitative estimate of drug-likeness (QED) is 0.808. The van der Waals surface area contributed by atoms with Crippen LogP contribution in [0.25, 0.3) is 10.2 Å². The van der Waals surface area contributed by atoms with Gasteiger partial charge >= 0.3 is 0 Å². The Hall–Kier alpha value is -1.04. The van der Waals surface area contributed by atoms with E-state index in [4.69, 9.17) is 5.73 Å². The van der Waals surface area contributed by atoms with E-state index in [2.05, 4.69) is 15.3 Å². The summed E-state index contributed by atoms with van der Waals surface area (Å²) in [5.74, 6) is 0.863. The Bertz CT molecular complexity index is 520. The number of hydrogen-bond acceptors (Lipinski definition) is 5. The standard InChI is InChI=1S/C11H14N4S/c12-3-1-10-14-6-8-7-5-13-4-2-9(7)16-11(8)15-10/h6,13H,1-5,12H2. The molecular formula is C11H14N4S. The van der Waals surface area contributed by atoms with Gasteiger partial charge in [0.05, 0.1) is 0 Å². The van der Waals surface area contributed by atoms with Crippen LogP contribution in [0.5, 0.6) is 0 Å². The molecule has 0 bridgehead atoms. The van der Waals surface area contributed by atoms with Crippen LogP contribution in [0.2, 0.25) is 0 Å². The third kappa shape index (κ3) is 1.61. The summed E-state index contributed by atoms with van der Waals surface area (Å²) in [4.78, 5) is 11.5. The lowest BCUT2D eigenvalue weighted by Gasteiger charge is -2.11. The molecule has 0 unspecified atom stereocenters. The number of nitrogens with one attached hydrogen (secondary N) is 1. The smallest absolute Gasteiger partial charge is 0.131 e. The predicted molar refractivity (Wildman–Crippen MR) is 65.6 cm³/mol. The Morgan fingerprint density at radius 2 is 2.44 bits per heavy atom. The van der Waals surface area contributed by atoms with Crippen molar-refractivity contribution >= 4 is 21.6 Å². The summed E-state index contributed by atoms with van der Waals surface area (Å²) in [6, 6.07) is 0. The number of nitrogens with zero attached hydrogens (tertiary/aromatic N) is 2. The number of hydrogen-bond donors (Lipinski definition) is 2. The van der Waals surface area contributed by atoms with Crippen molar-refractivity contribution < 1.29 is 0 Å². The molecule has 0 radical (unpaired) electrons. The van der Waals surface area contributed by atoms with Crippen LogP contribution in [0.15, 0.2) is 6.20 Å². The molecule has 5 heteroatoms. The first-order valence-electron chi connectivity index (χ1n) is 5.55. The van der Waals surface area contributed by atoms with E-state index in [1.54, 1.807) is 0 Å². The van der Waals surface area contributed by atoms with Crippen molar-refractivity contribution in [3.63, 3.8) is 0 Å². The highest BCUT2D eigenvalue weighted by atomic mass is 32.1. The molecule has 3 heterocycles. The molecule has 0 saturated heterocycles. The maximum absolute atomic E-state index is 5.52. The van der Waals surface area contributed by atoms with Crippen molar-refractivity contribution in [3.8, 4) is 0 Å². The zero-order valence-corrected chi connectivity index (χ0v) is 9.81. The van der Waals surface area contributed by atoms with Gasteiger partial charge in [-0.05, 0) is 18.5 Å². The first-order chi connectivity index (χ1) is 7.88. The van der Waals surface area contributed by atoms with Crippen LogP contribution in [-0.2, 0) is 19.4 Å². The Morgan fingerprint density at radius 1 is 1.50 bits per heavy atom. The van der Waals surface area contributed by atoms with Crippen molar-refractivity contribution in [3.05, 3.63) is 22.5 Å². The highest BCUT2D eigenvalue weighted by Gasteiger charge is 2.16. The highest BCUT2D eigenvalue weighted by Crippen LogP contribution is 2.31. The average Bonchev–Trinajstić information content (AvgIpc) is 2.67. The number of fused-ring (bicyclic) bond motifs is 3. The van der Waals surface area contributed by atoms with Crippen LogP contribution in [0.4, 0.5) is 0 Å². The molecule has 0 amide bonds. The minimum Gasteiger partial charge on any atom is -0.330 e. The van der Waals surface area contributed by atoms with E-state index < -0.39 is 0 Å². The third-order valence-electron chi connectivity index (χ3n) is 2.88. The first-order valence-corrected chi connectivity index (χ1v) is 6.37. The zero-order chi connectivity index (χ0) is 11.0. The molecule has 0 fully saturated rings. The molecule has 1 aliphatic rings. The van der Waals surface area contributed by atoms with Gasteiger partial charge < -0.3 is 11.1 Å². The molecule has 3 rings (SSSR count). The maximum atomic E-state index is 5.52. The van der Waals surface area contributed by atoms with Gasteiger partial charge in [0.25, 0.3) is 0 Å². The molecule has 0 spiro atoms. The van der Waals surface area contributed by atoms with Crippen LogP contribution in [0, 0.1) is 0 Å². The predicted octanol–water partition coefficient (Wildman–Crippen LogP) is 0.838. The molecule has 1 aliphatic heterocycles. The Labute approximate surface area is 97.9 Å². The molecular weight excluding hydrogens is 220 g/mol. The summed E-state index contributed by atoms with van der Waals surface area (Å²) < 4.78 is 0. The van der Waals surface area contributed by atoms with Crippen molar-refractivity contribution in [1.29, 1.82) is 0 Å². The Balaban J connectivity index is 2.11. The van der Waals surface area contributed by atoms with E-state index in [1.807, 2.05) is 17.5 Å². The number of rotatable bonds is 2. The van der Waals surface area contributed by atoms with Crippen molar-refractivity contribution in [2.24, 2.45) is 5.73 Å². The van der Waals surface area contributed by atoms with E-state index in [0.29, 0.717) is 6.54 Å². The van der Waals surface area contributed by atoms with Crippen LogP contribution >= 0.6 is 11.3 Å². The van der Waals surface area contributed by atoms with Gasteiger partial charge in [-0.3, -0.25) is 0 Å². The van der Waals surface area contributed by atoms with Crippen molar-refractivity contribution in [1.82, 2.24) is 15.3 Å². The van der Waals surface area contributed by atoms with Gasteiger partial charge in [0.1, 0.15) is 10.7 Å². The lowest BCUT2D eigenvalue weighted by Crippen LogP contribution is -2.22. The third-order valence-corrected chi connectivity index (χ3v) is 4.09. The number of aromatic nitrogens is 2. The zero-order valence-electron chi connectivity index (χ0n) is 8.99. The molecule has 16 heavy (non-hydrogen) atoms. The summed E-state index contributed by atoms with van der Waals surface area (Å²) in [7, 11) is 0. The van der Waals surface area contributed by atoms with Gasteiger partial charge in [0, 0.05) is 36.0 Å². The summed E-state index contributed by atoms with van der Waals surface area (Å²) in [5.41, 5.74) is 6.91. The second-order valence-electron chi connectivity index (χ2n) is 3.97. The van der Waals surface area contributed by atoms with E-state index >= 15 is 0 Å². The molecule has 0 saturated carbocycles. The largest absolute Gasteiger partial charge is 0.330 e. The molecule has 0 aromatic carbocycles. The van der Waals surface area contributed by atoms with Gasteiger partial charge in [-0.1, -0.05) is 0 Å². The monoisotopic (exact) mass is 234 g/mol. The molecule has 2 aromatic heterocycles. The molecule has 4 nitrogen and oxygen atoms in total. The van der Waals surface area contributed by atoms with Gasteiger partial charge in [-0.15, -0.1) is 11.3 Å². The van der Waals surface area contributed by atoms with E-state index in [1.165, 1.54) is 15.8 Å². The molecule has 3 N–H and O–H groups in total. The maximum Gasteiger partial charge on any atom is 0.131 e. The van der Waals surface area contributed by atoms with Crippen LogP contribution in [0.1, 0.15) is 16.3 Å². The van der Waals surface area contributed by atoms with Crippen LogP contribution < -0.4 is 11.1 Å². The topological polar surface area (TPSA) is 63.8 Å². The summed E-state index contributed by atoms with van der Waals surface area (Å²) in [6.45, 7) is 2.63. The minimum absolute atomic E-state index is 0.609. The van der Waals surface area contributed by atoms with Crippen LogP contribution in [-0.4, -0.2) is 23.1 Å². The van der Waals surface area contributed by atoms with E-state index in [0.717, 1.165) is 36.6 Å². The Morgan fingerprint density at radius 3 is 3.31 bits per heavy atom. The fraction of sp³-hybridized carbons (Fsp3) is 0.455. The van der Waals surface area contributed by atoms with Gasteiger partial charge in [-0.2, -0.15) is 0 Å². The summed E-state index contributed by atoms with van der Waals surface area (Å²) >= 11 is 1.81. The SMILES string of the molecule is NCCc1ncc2c3c(sc2n1)CCNC3. The molecule has 84 valence electrons. The van der Waals surface area contributed by atoms with Crippen LogP contribution in [0.3, 0.4) is 0 Å². The second kappa shape index (κ2) is 4.08. The molecule has 0 aliphatic carbocycles. The molecule has 2 aromatic rings. The lowest BCUT2D eigenvalue weighted by atomic mass is 10.1. The normalized spacial score (nSPS) is 15.3. The minimum atomic E-state index is 0.609. The highest BCUT2D eigenvalue weighted by molar-refractivity contribution is 7.18. The average molecular weight is 234 g/mol. The summed E-state index contributed by atoms with van der Waals surface area (Å²) in [5, 5.41) is 4.61. The fourth-order valence-electron chi connectivity index (χ4n) is 2.07. The lowest BCUT2D eigenvalue weighted by molar-refractivity contribution is 0.656. The van der Waals surface area contributed by atoms with E-state index in [-0.39, 0.29) is 0 Å². The fourth-order valence-corrected chi connectivity index (χ4v) is 3.25. The summed E-state index contributed by atoms with van der Waals surface area (Å²) in [6.07, 6.45) is 3.83. The molecule has 0 atom stereocenters. The van der Waals surface area contributed by atoms with Crippen molar-refractivity contribution in [2.45, 2.75) is 19.4 Å². The van der Waals surface area contributed by atoms with E-state index in [9.17, 15) is 0 Å².